The van der Waals surface area contributed by atoms with Crippen LogP contribution in [0.2, 0.25) is 0 Å². The first-order valence-corrected chi connectivity index (χ1v) is 3.23. The number of aromatic nitrogens is 2. The van der Waals surface area contributed by atoms with Crippen molar-refractivity contribution in [2.24, 2.45) is 0 Å². The maximum Gasteiger partial charge on any atom is 0.105 e. The molecule has 1 heterocycles. The summed E-state index contributed by atoms with van der Waals surface area (Å²) in [7, 11) is 0. The Hall–Kier alpha value is -0.960. The molecule has 0 saturated heterocycles. The zero-order valence-electron chi connectivity index (χ0n) is 4.87. The lowest BCUT2D eigenvalue weighted by Crippen LogP contribution is -1.71. The second kappa shape index (κ2) is 2.55. The Morgan fingerprint density at radius 1 is 1.33 bits per heavy atom. The fourth-order valence-electron chi connectivity index (χ4n) is 0.488. The molecule has 0 aliphatic carbocycles. The van der Waals surface area contributed by atoms with E-state index in [2.05, 4.69) is 22.7 Å². The minimum absolute atomic E-state index is 0.815. The number of rotatable bonds is 2. The molecule has 0 aliphatic heterocycles. The van der Waals surface area contributed by atoms with Gasteiger partial charge in [0.2, 0.25) is 0 Å². The van der Waals surface area contributed by atoms with E-state index in [1.165, 1.54) is 11.5 Å². The highest BCUT2D eigenvalue weighted by molar-refractivity contribution is 7.06. The average Bonchev–Trinajstić information content (AvgIpc) is 2.33. The molecule has 0 unspecified atom stereocenters. The molecule has 0 N–H and O–H groups in total. The smallest absolute Gasteiger partial charge is 0.105 e. The van der Waals surface area contributed by atoms with Gasteiger partial charge in [-0.05, 0) is 23.7 Å². The summed E-state index contributed by atoms with van der Waals surface area (Å²) in [4.78, 5) is 0.977. The van der Waals surface area contributed by atoms with Crippen LogP contribution in [0.4, 0.5) is 0 Å². The van der Waals surface area contributed by atoms with Gasteiger partial charge in [0.25, 0.3) is 0 Å². The molecule has 46 valence electrons. The van der Waals surface area contributed by atoms with Gasteiger partial charge in [-0.2, -0.15) is 0 Å². The maximum absolute atomic E-state index is 3.78. The molecule has 0 spiro atoms. The normalized spacial score (nSPS) is 8.89. The highest BCUT2D eigenvalue weighted by Gasteiger charge is 1.96. The lowest BCUT2D eigenvalue weighted by atomic mass is 10.3. The first-order valence-electron chi connectivity index (χ1n) is 2.45. The Morgan fingerprint density at radius 3 is 2.56 bits per heavy atom. The van der Waals surface area contributed by atoms with E-state index in [4.69, 9.17) is 0 Å². The molecule has 3 heteroatoms. The predicted molar refractivity (Wildman–Crippen MR) is 40.1 cm³/mol. The van der Waals surface area contributed by atoms with Crippen LogP contribution >= 0.6 is 11.5 Å². The standard InChI is InChI=1S/C6H6N2S/c1-3-5-6(4-2)9-8-7-5/h3-4H,1-2H2. The minimum Gasteiger partial charge on any atom is -0.138 e. The zero-order valence-corrected chi connectivity index (χ0v) is 5.69. The third kappa shape index (κ3) is 1.05. The van der Waals surface area contributed by atoms with Gasteiger partial charge in [0.15, 0.2) is 0 Å². The molecule has 1 rings (SSSR count). The summed E-state index contributed by atoms with van der Waals surface area (Å²) in [5, 5.41) is 3.78. The number of hydrogen-bond donors (Lipinski definition) is 0. The molecular formula is C6H6N2S. The molecule has 0 aromatic carbocycles. The minimum atomic E-state index is 0.815. The molecule has 0 bridgehead atoms. The molecule has 0 amide bonds. The van der Waals surface area contributed by atoms with Gasteiger partial charge in [-0.15, -0.1) is 5.10 Å². The van der Waals surface area contributed by atoms with Crippen LogP contribution in [0, 0.1) is 0 Å². The van der Waals surface area contributed by atoms with E-state index in [1.54, 1.807) is 12.2 Å². The van der Waals surface area contributed by atoms with Crippen LogP contribution in [-0.2, 0) is 0 Å². The maximum atomic E-state index is 3.78. The van der Waals surface area contributed by atoms with Crippen LogP contribution in [0.1, 0.15) is 10.6 Å². The second-order valence-electron chi connectivity index (χ2n) is 1.43. The summed E-state index contributed by atoms with van der Waals surface area (Å²) in [6, 6.07) is 0. The van der Waals surface area contributed by atoms with E-state index in [-0.39, 0.29) is 0 Å². The number of nitrogens with zero attached hydrogens (tertiary/aromatic N) is 2. The van der Waals surface area contributed by atoms with Crippen LogP contribution in [0.5, 0.6) is 0 Å². The van der Waals surface area contributed by atoms with Gasteiger partial charge in [-0.3, -0.25) is 0 Å². The van der Waals surface area contributed by atoms with Crippen molar-refractivity contribution in [1.82, 2.24) is 9.59 Å². The van der Waals surface area contributed by atoms with Crippen molar-refractivity contribution >= 4 is 23.7 Å². The third-order valence-corrected chi connectivity index (χ3v) is 1.65. The summed E-state index contributed by atoms with van der Waals surface area (Å²) in [5.41, 5.74) is 0.815. The summed E-state index contributed by atoms with van der Waals surface area (Å²) in [6.45, 7) is 7.16. The quantitative estimate of drug-likeness (QED) is 0.623. The van der Waals surface area contributed by atoms with E-state index >= 15 is 0 Å². The molecular weight excluding hydrogens is 132 g/mol. The zero-order chi connectivity index (χ0) is 6.69. The molecule has 9 heavy (non-hydrogen) atoms. The molecule has 0 radical (unpaired) electrons. The summed E-state index contributed by atoms with van der Waals surface area (Å²) in [5.74, 6) is 0. The van der Waals surface area contributed by atoms with Crippen LogP contribution in [0.3, 0.4) is 0 Å². The van der Waals surface area contributed by atoms with Gasteiger partial charge in [-0.1, -0.05) is 17.6 Å². The molecule has 0 fully saturated rings. The Bertz CT molecular complexity index is 204. The van der Waals surface area contributed by atoms with E-state index in [0.717, 1.165) is 10.6 Å². The fraction of sp³-hybridized carbons (Fsp3) is 0. The van der Waals surface area contributed by atoms with Crippen LogP contribution < -0.4 is 0 Å². The summed E-state index contributed by atoms with van der Waals surface area (Å²) < 4.78 is 3.71. The highest BCUT2D eigenvalue weighted by atomic mass is 32.1. The van der Waals surface area contributed by atoms with Crippen LogP contribution in [0.25, 0.3) is 12.2 Å². The second-order valence-corrected chi connectivity index (χ2v) is 2.22. The topological polar surface area (TPSA) is 25.8 Å². The molecule has 0 atom stereocenters. The molecule has 0 aliphatic rings. The van der Waals surface area contributed by atoms with Crippen molar-refractivity contribution in [3.05, 3.63) is 23.7 Å². The van der Waals surface area contributed by atoms with Crippen LogP contribution in [0.15, 0.2) is 13.2 Å². The van der Waals surface area contributed by atoms with E-state index in [1.807, 2.05) is 0 Å². The Morgan fingerprint density at radius 2 is 2.11 bits per heavy atom. The first-order chi connectivity index (χ1) is 4.38. The summed E-state index contributed by atoms with van der Waals surface area (Å²) in [6.07, 6.45) is 3.39. The molecule has 2 nitrogen and oxygen atoms in total. The fourth-order valence-corrected chi connectivity index (χ4v) is 0.997. The third-order valence-electron chi connectivity index (χ3n) is 0.919. The van der Waals surface area contributed by atoms with E-state index < -0.39 is 0 Å². The monoisotopic (exact) mass is 138 g/mol. The van der Waals surface area contributed by atoms with Gasteiger partial charge in [0.05, 0.1) is 4.88 Å². The Kier molecular flexibility index (Phi) is 1.75. The van der Waals surface area contributed by atoms with Crippen molar-refractivity contribution in [2.45, 2.75) is 0 Å². The Balaban J connectivity index is 3.12. The van der Waals surface area contributed by atoms with Gasteiger partial charge in [-0.25, -0.2) is 0 Å². The molecule has 0 saturated carbocycles. The average molecular weight is 138 g/mol. The van der Waals surface area contributed by atoms with Crippen molar-refractivity contribution in [2.75, 3.05) is 0 Å². The number of hydrogen-bond acceptors (Lipinski definition) is 3. The van der Waals surface area contributed by atoms with Gasteiger partial charge >= 0.3 is 0 Å². The van der Waals surface area contributed by atoms with Crippen molar-refractivity contribution in [3.63, 3.8) is 0 Å². The highest BCUT2D eigenvalue weighted by Crippen LogP contribution is 2.11. The van der Waals surface area contributed by atoms with E-state index in [9.17, 15) is 0 Å². The van der Waals surface area contributed by atoms with Crippen molar-refractivity contribution in [1.29, 1.82) is 0 Å². The molecule has 1 aromatic heterocycles. The van der Waals surface area contributed by atoms with Gasteiger partial charge in [0, 0.05) is 0 Å². The first kappa shape index (κ1) is 6.16. The van der Waals surface area contributed by atoms with Gasteiger partial charge < -0.3 is 0 Å². The largest absolute Gasteiger partial charge is 0.138 e. The Labute approximate surface area is 57.7 Å². The van der Waals surface area contributed by atoms with Crippen LogP contribution in [-0.4, -0.2) is 9.59 Å². The lowest BCUT2D eigenvalue weighted by molar-refractivity contribution is 1.14. The lowest BCUT2D eigenvalue weighted by Gasteiger charge is -1.80. The van der Waals surface area contributed by atoms with E-state index in [0.29, 0.717) is 0 Å². The molecule has 1 aromatic rings. The van der Waals surface area contributed by atoms with Crippen molar-refractivity contribution < 1.29 is 0 Å². The van der Waals surface area contributed by atoms with Crippen molar-refractivity contribution in [3.8, 4) is 0 Å². The predicted octanol–water partition coefficient (Wildman–Crippen LogP) is 1.82. The SMILES string of the molecule is C=Cc1nnsc1C=C. The summed E-state index contributed by atoms with van der Waals surface area (Å²) >= 11 is 1.32. The van der Waals surface area contributed by atoms with Gasteiger partial charge in [0.1, 0.15) is 5.69 Å².